The zero-order valence-electron chi connectivity index (χ0n) is 10.9. The van der Waals surface area contributed by atoms with Crippen LogP contribution in [0.3, 0.4) is 0 Å². The van der Waals surface area contributed by atoms with Crippen molar-refractivity contribution in [3.8, 4) is 0 Å². The molecule has 2 N–H and O–H groups in total. The van der Waals surface area contributed by atoms with Crippen molar-refractivity contribution in [1.82, 2.24) is 15.0 Å². The minimum absolute atomic E-state index is 0.0924. The molecule has 0 atom stereocenters. The van der Waals surface area contributed by atoms with Crippen LogP contribution >= 0.6 is 0 Å². The maximum atomic E-state index is 11.7. The Labute approximate surface area is 109 Å². The van der Waals surface area contributed by atoms with Crippen LogP contribution in [0.5, 0.6) is 0 Å². The normalized spacial score (nSPS) is 11.7. The highest BCUT2D eigenvalue weighted by atomic mass is 32.2. The second-order valence-electron chi connectivity index (χ2n) is 3.96. The number of nitrogens with zero attached hydrogens (tertiary/aromatic N) is 1. The summed E-state index contributed by atoms with van der Waals surface area (Å²) in [5.74, 6) is 0.0924. The Kier molecular flexibility index (Phi) is 6.24. The van der Waals surface area contributed by atoms with Gasteiger partial charge in [-0.25, -0.2) is 13.1 Å². The van der Waals surface area contributed by atoms with Crippen molar-refractivity contribution < 1.29 is 8.42 Å². The molecule has 0 saturated heterocycles. The summed E-state index contributed by atoms with van der Waals surface area (Å²) in [6.07, 6.45) is 2.53. The van der Waals surface area contributed by atoms with E-state index in [9.17, 15) is 8.42 Å². The van der Waals surface area contributed by atoms with E-state index in [0.29, 0.717) is 6.54 Å². The largest absolute Gasteiger partial charge is 0.316 e. The van der Waals surface area contributed by atoms with Gasteiger partial charge in [-0.1, -0.05) is 19.9 Å². The second-order valence-corrected chi connectivity index (χ2v) is 5.88. The fraction of sp³-hybridized carbons (Fsp3) is 0.583. The number of nitrogens with one attached hydrogen (secondary N) is 2. The highest BCUT2D eigenvalue weighted by Gasteiger charge is 2.10. The zero-order valence-corrected chi connectivity index (χ0v) is 11.8. The second kappa shape index (κ2) is 7.45. The summed E-state index contributed by atoms with van der Waals surface area (Å²) < 4.78 is 26.0. The topological polar surface area (TPSA) is 71.1 Å². The molecule has 5 nitrogen and oxygen atoms in total. The molecule has 0 amide bonds. The minimum Gasteiger partial charge on any atom is -0.316 e. The van der Waals surface area contributed by atoms with Crippen LogP contribution in [0, 0.1) is 0 Å². The molecule has 0 saturated carbocycles. The highest BCUT2D eigenvalue weighted by molar-refractivity contribution is 7.89. The van der Waals surface area contributed by atoms with Gasteiger partial charge in [0.25, 0.3) is 0 Å². The van der Waals surface area contributed by atoms with Gasteiger partial charge < -0.3 is 5.32 Å². The van der Waals surface area contributed by atoms with Crippen LogP contribution in [-0.4, -0.2) is 32.2 Å². The third-order valence-corrected chi connectivity index (χ3v) is 3.95. The van der Waals surface area contributed by atoms with Crippen LogP contribution in [0.15, 0.2) is 18.3 Å². The number of rotatable bonds is 8. The molecule has 0 aliphatic carbocycles. The molecule has 6 heteroatoms. The summed E-state index contributed by atoms with van der Waals surface area (Å²) in [5, 5.41) is 2.99. The van der Waals surface area contributed by atoms with E-state index in [2.05, 4.69) is 15.0 Å². The quantitative estimate of drug-likeness (QED) is 0.682. The Morgan fingerprint density at radius 3 is 2.78 bits per heavy atom. The van der Waals surface area contributed by atoms with E-state index < -0.39 is 10.0 Å². The molecule has 102 valence electrons. The number of hydrogen-bond donors (Lipinski definition) is 2. The number of hydrogen-bond acceptors (Lipinski definition) is 4. The van der Waals surface area contributed by atoms with Gasteiger partial charge >= 0.3 is 0 Å². The molecule has 0 aromatic carbocycles. The Bertz CT molecular complexity index is 460. The van der Waals surface area contributed by atoms with Crippen molar-refractivity contribution in [1.29, 1.82) is 0 Å². The van der Waals surface area contributed by atoms with Crippen molar-refractivity contribution in [2.45, 2.75) is 26.8 Å². The summed E-state index contributed by atoms with van der Waals surface area (Å²) in [6, 6.07) is 3.83. The molecule has 0 aliphatic rings. The molecule has 0 spiro atoms. The van der Waals surface area contributed by atoms with Crippen LogP contribution in [-0.2, 0) is 23.0 Å². The summed E-state index contributed by atoms with van der Waals surface area (Å²) >= 11 is 0. The van der Waals surface area contributed by atoms with Gasteiger partial charge in [-0.2, -0.15) is 0 Å². The fourth-order valence-electron chi connectivity index (χ4n) is 1.59. The van der Waals surface area contributed by atoms with Crippen LogP contribution in [0.25, 0.3) is 0 Å². The van der Waals surface area contributed by atoms with E-state index in [1.807, 2.05) is 26.0 Å². The monoisotopic (exact) mass is 271 g/mol. The van der Waals surface area contributed by atoms with Crippen LogP contribution in [0.4, 0.5) is 0 Å². The van der Waals surface area contributed by atoms with E-state index in [1.54, 1.807) is 6.20 Å². The average Bonchev–Trinajstić information content (AvgIpc) is 2.37. The number of aryl methyl sites for hydroxylation is 1. The van der Waals surface area contributed by atoms with Crippen LogP contribution in [0.2, 0.25) is 0 Å². The Morgan fingerprint density at radius 1 is 1.33 bits per heavy atom. The Hall–Kier alpha value is -0.980. The molecular formula is C12H21N3O2S. The first-order valence-corrected chi connectivity index (χ1v) is 7.85. The highest BCUT2D eigenvalue weighted by Crippen LogP contribution is 2.06. The Morgan fingerprint density at radius 2 is 2.11 bits per heavy atom. The molecule has 1 heterocycles. The molecule has 1 aromatic rings. The maximum Gasteiger partial charge on any atom is 0.213 e. The number of aromatic nitrogens is 1. The van der Waals surface area contributed by atoms with Crippen molar-refractivity contribution in [3.63, 3.8) is 0 Å². The van der Waals surface area contributed by atoms with E-state index >= 15 is 0 Å². The molecule has 1 aromatic heterocycles. The smallest absolute Gasteiger partial charge is 0.213 e. The zero-order chi connectivity index (χ0) is 13.4. The van der Waals surface area contributed by atoms with Crippen LogP contribution < -0.4 is 10.0 Å². The molecule has 0 fully saturated rings. The van der Waals surface area contributed by atoms with Gasteiger partial charge in [-0.15, -0.1) is 0 Å². The van der Waals surface area contributed by atoms with E-state index in [1.165, 1.54) is 0 Å². The Balaban J connectivity index is 2.53. The summed E-state index contributed by atoms with van der Waals surface area (Å²) in [7, 11) is -3.23. The van der Waals surface area contributed by atoms with Crippen LogP contribution in [0.1, 0.15) is 25.1 Å². The summed E-state index contributed by atoms with van der Waals surface area (Å²) in [4.78, 5) is 4.21. The molecule has 18 heavy (non-hydrogen) atoms. The van der Waals surface area contributed by atoms with Gasteiger partial charge in [0.15, 0.2) is 0 Å². The standard InChI is InChI=1S/C12H21N3O2S/c1-3-11-6-5-7-14-12(11)10-15-18(16,17)9-8-13-4-2/h5-7,13,15H,3-4,8-10H2,1-2H3. The van der Waals surface area contributed by atoms with Crippen molar-refractivity contribution in [2.24, 2.45) is 0 Å². The number of sulfonamides is 1. The minimum atomic E-state index is -3.23. The lowest BCUT2D eigenvalue weighted by Crippen LogP contribution is -2.32. The van der Waals surface area contributed by atoms with Gasteiger partial charge in [-0.05, 0) is 24.6 Å². The SMILES string of the molecule is CCNCCS(=O)(=O)NCc1ncccc1CC. The van der Waals surface area contributed by atoms with E-state index in [0.717, 1.165) is 24.2 Å². The summed E-state index contributed by atoms with van der Waals surface area (Å²) in [5.41, 5.74) is 1.87. The molecule has 0 unspecified atom stereocenters. The van der Waals surface area contributed by atoms with Crippen molar-refractivity contribution in [2.75, 3.05) is 18.8 Å². The van der Waals surface area contributed by atoms with E-state index in [4.69, 9.17) is 0 Å². The first-order valence-electron chi connectivity index (χ1n) is 6.20. The first kappa shape index (κ1) is 15.1. The molecule has 0 bridgehead atoms. The molecule has 0 aliphatic heterocycles. The summed E-state index contributed by atoms with van der Waals surface area (Å²) in [6.45, 7) is 5.48. The predicted molar refractivity (Wildman–Crippen MR) is 72.8 cm³/mol. The lowest BCUT2D eigenvalue weighted by Gasteiger charge is -2.09. The third kappa shape index (κ3) is 5.12. The van der Waals surface area contributed by atoms with Gasteiger partial charge in [0, 0.05) is 12.7 Å². The molecule has 0 radical (unpaired) electrons. The van der Waals surface area contributed by atoms with E-state index in [-0.39, 0.29) is 12.3 Å². The molecule has 1 rings (SSSR count). The lowest BCUT2D eigenvalue weighted by atomic mass is 10.1. The van der Waals surface area contributed by atoms with Gasteiger partial charge in [0.05, 0.1) is 18.0 Å². The fourth-order valence-corrected chi connectivity index (χ4v) is 2.50. The lowest BCUT2D eigenvalue weighted by molar-refractivity contribution is 0.576. The maximum absolute atomic E-state index is 11.7. The van der Waals surface area contributed by atoms with Gasteiger partial charge in [-0.3, -0.25) is 4.98 Å². The van der Waals surface area contributed by atoms with Gasteiger partial charge in [0.2, 0.25) is 10.0 Å². The molecular weight excluding hydrogens is 250 g/mol. The predicted octanol–water partition coefficient (Wildman–Crippen LogP) is 0.673. The van der Waals surface area contributed by atoms with Gasteiger partial charge in [0.1, 0.15) is 0 Å². The first-order chi connectivity index (χ1) is 8.59. The average molecular weight is 271 g/mol. The number of pyridine rings is 1. The van der Waals surface area contributed by atoms with Crippen molar-refractivity contribution >= 4 is 10.0 Å². The van der Waals surface area contributed by atoms with Crippen molar-refractivity contribution in [3.05, 3.63) is 29.6 Å². The third-order valence-electron chi connectivity index (χ3n) is 2.62.